The van der Waals surface area contributed by atoms with Gasteiger partial charge < -0.3 is 14.8 Å². The largest absolute Gasteiger partial charge is 0.480 e. The van der Waals surface area contributed by atoms with Crippen molar-refractivity contribution in [2.75, 3.05) is 27.3 Å². The van der Waals surface area contributed by atoms with Gasteiger partial charge in [0.05, 0.1) is 17.4 Å². The van der Waals surface area contributed by atoms with E-state index in [9.17, 15) is 4.79 Å². The summed E-state index contributed by atoms with van der Waals surface area (Å²) in [5.74, 6) is 0.967. The molecule has 0 aliphatic carbocycles. The van der Waals surface area contributed by atoms with Gasteiger partial charge in [0, 0.05) is 32.8 Å². The molecule has 7 nitrogen and oxygen atoms in total. The lowest BCUT2D eigenvalue weighted by atomic mass is 10.2. The number of ether oxygens (including phenoxy) is 2. The number of benzene rings is 1. The van der Waals surface area contributed by atoms with E-state index in [2.05, 4.69) is 44.5 Å². The molecular formula is C22H26N4O3S. The Balaban J connectivity index is 1.47. The predicted octanol–water partition coefficient (Wildman–Crippen LogP) is 3.16. The number of carbonyl (C=O) groups excluding carboxylic acids is 1. The van der Waals surface area contributed by atoms with Crippen molar-refractivity contribution in [2.45, 2.75) is 32.5 Å². The van der Waals surface area contributed by atoms with Crippen LogP contribution in [-0.2, 0) is 17.9 Å². The molecular weight excluding hydrogens is 400 g/mol. The Labute approximate surface area is 180 Å². The number of fused-ring (bicyclic) bond motifs is 1. The fourth-order valence-corrected chi connectivity index (χ4v) is 4.98. The molecule has 8 heteroatoms. The molecule has 1 fully saturated rings. The third kappa shape index (κ3) is 4.30. The zero-order chi connectivity index (χ0) is 21.1. The van der Waals surface area contributed by atoms with Gasteiger partial charge in [0.25, 0.3) is 5.91 Å². The molecule has 1 amide bonds. The van der Waals surface area contributed by atoms with Crippen LogP contribution in [0, 0.1) is 6.92 Å². The molecule has 1 saturated heterocycles. The summed E-state index contributed by atoms with van der Waals surface area (Å²) < 4.78 is 10.6. The molecule has 2 aromatic heterocycles. The van der Waals surface area contributed by atoms with Crippen LogP contribution in [-0.4, -0.2) is 54.1 Å². The zero-order valence-corrected chi connectivity index (χ0v) is 18.3. The molecule has 1 aliphatic rings. The summed E-state index contributed by atoms with van der Waals surface area (Å²) in [4.78, 5) is 25.8. The molecule has 4 rings (SSSR count). The van der Waals surface area contributed by atoms with Crippen LogP contribution >= 0.6 is 11.3 Å². The van der Waals surface area contributed by atoms with Gasteiger partial charge in [-0.2, -0.15) is 4.98 Å². The molecule has 30 heavy (non-hydrogen) atoms. The Morgan fingerprint density at radius 3 is 2.80 bits per heavy atom. The van der Waals surface area contributed by atoms with Crippen molar-refractivity contribution >= 4 is 27.5 Å². The molecule has 1 N–H and O–H groups in total. The van der Waals surface area contributed by atoms with Crippen molar-refractivity contribution in [1.29, 1.82) is 0 Å². The highest BCUT2D eigenvalue weighted by atomic mass is 32.1. The smallest absolute Gasteiger partial charge is 0.261 e. The SMILES string of the molecule is COCc1nc(OC)c2c(C)c(C(=O)NC3CCN(Cc4ccccc4)C3)sc2n1. The number of aromatic nitrogens is 2. The highest BCUT2D eigenvalue weighted by Crippen LogP contribution is 2.35. The van der Waals surface area contributed by atoms with Crippen molar-refractivity contribution in [3.8, 4) is 5.88 Å². The van der Waals surface area contributed by atoms with E-state index < -0.39 is 0 Å². The minimum absolute atomic E-state index is 0.0580. The van der Waals surface area contributed by atoms with Gasteiger partial charge in [-0.3, -0.25) is 9.69 Å². The van der Waals surface area contributed by atoms with Crippen LogP contribution in [0.1, 0.15) is 33.0 Å². The van der Waals surface area contributed by atoms with E-state index in [1.54, 1.807) is 14.2 Å². The van der Waals surface area contributed by atoms with Crippen LogP contribution in [0.4, 0.5) is 0 Å². The molecule has 1 aliphatic heterocycles. The van der Waals surface area contributed by atoms with Crippen molar-refractivity contribution in [1.82, 2.24) is 20.2 Å². The Hall–Kier alpha value is -2.55. The van der Waals surface area contributed by atoms with Crippen LogP contribution in [0.2, 0.25) is 0 Å². The maximum absolute atomic E-state index is 13.0. The maximum Gasteiger partial charge on any atom is 0.261 e. The number of carbonyl (C=O) groups is 1. The van der Waals surface area contributed by atoms with E-state index in [0.29, 0.717) is 23.2 Å². The van der Waals surface area contributed by atoms with E-state index in [-0.39, 0.29) is 11.9 Å². The second-order valence-corrected chi connectivity index (χ2v) is 8.50. The molecule has 1 unspecified atom stereocenters. The fourth-order valence-electron chi connectivity index (χ4n) is 3.89. The minimum Gasteiger partial charge on any atom is -0.480 e. The van der Waals surface area contributed by atoms with Crippen LogP contribution in [0.3, 0.4) is 0 Å². The predicted molar refractivity (Wildman–Crippen MR) is 117 cm³/mol. The number of nitrogens with one attached hydrogen (secondary N) is 1. The summed E-state index contributed by atoms with van der Waals surface area (Å²) in [6.45, 7) is 4.96. The number of hydrogen-bond acceptors (Lipinski definition) is 7. The number of rotatable bonds is 7. The summed E-state index contributed by atoms with van der Waals surface area (Å²) in [5.41, 5.74) is 2.15. The van der Waals surface area contributed by atoms with Gasteiger partial charge in [-0.05, 0) is 24.5 Å². The summed E-state index contributed by atoms with van der Waals surface area (Å²) in [6.07, 6.45) is 0.948. The lowest BCUT2D eigenvalue weighted by molar-refractivity contribution is 0.0941. The van der Waals surface area contributed by atoms with Crippen molar-refractivity contribution < 1.29 is 14.3 Å². The number of hydrogen-bond donors (Lipinski definition) is 1. The average molecular weight is 427 g/mol. The summed E-state index contributed by atoms with van der Waals surface area (Å²) >= 11 is 1.38. The van der Waals surface area contributed by atoms with Crippen LogP contribution < -0.4 is 10.1 Å². The molecule has 1 aromatic carbocycles. The first kappa shape index (κ1) is 20.7. The van der Waals surface area contributed by atoms with Crippen LogP contribution in [0.5, 0.6) is 5.88 Å². The van der Waals surface area contributed by atoms with Crippen LogP contribution in [0.25, 0.3) is 10.2 Å². The number of aryl methyl sites for hydroxylation is 1. The van der Waals surface area contributed by atoms with Gasteiger partial charge in [-0.15, -0.1) is 11.3 Å². The Kier molecular flexibility index (Phi) is 6.26. The zero-order valence-electron chi connectivity index (χ0n) is 17.5. The summed E-state index contributed by atoms with van der Waals surface area (Å²) in [5, 5.41) is 4.00. The van der Waals surface area contributed by atoms with Crippen molar-refractivity contribution in [3.05, 3.63) is 52.2 Å². The number of amides is 1. The third-order valence-corrected chi connectivity index (χ3v) is 6.52. The maximum atomic E-state index is 13.0. The Morgan fingerprint density at radius 1 is 1.27 bits per heavy atom. The minimum atomic E-state index is -0.0580. The first-order valence-electron chi connectivity index (χ1n) is 9.99. The quantitative estimate of drug-likeness (QED) is 0.625. The topological polar surface area (TPSA) is 76.6 Å². The van der Waals surface area contributed by atoms with Crippen molar-refractivity contribution in [3.63, 3.8) is 0 Å². The molecule has 0 bridgehead atoms. The number of likely N-dealkylation sites (tertiary alicyclic amines) is 1. The molecule has 0 saturated carbocycles. The van der Waals surface area contributed by atoms with Crippen LogP contribution in [0.15, 0.2) is 30.3 Å². The first-order valence-corrected chi connectivity index (χ1v) is 10.8. The first-order chi connectivity index (χ1) is 14.6. The molecule has 0 spiro atoms. The van der Waals surface area contributed by atoms with E-state index in [1.807, 2.05) is 13.0 Å². The highest BCUT2D eigenvalue weighted by Gasteiger charge is 2.27. The molecule has 3 heterocycles. The number of nitrogens with zero attached hydrogens (tertiary/aromatic N) is 3. The van der Waals surface area contributed by atoms with Gasteiger partial charge >= 0.3 is 0 Å². The highest BCUT2D eigenvalue weighted by molar-refractivity contribution is 7.20. The molecule has 158 valence electrons. The number of methoxy groups -OCH3 is 2. The van der Waals surface area contributed by atoms with E-state index >= 15 is 0 Å². The second kappa shape index (κ2) is 9.07. The average Bonchev–Trinajstić information content (AvgIpc) is 3.32. The lowest BCUT2D eigenvalue weighted by Crippen LogP contribution is -2.36. The third-order valence-electron chi connectivity index (χ3n) is 5.33. The van der Waals surface area contributed by atoms with E-state index in [1.165, 1.54) is 16.9 Å². The van der Waals surface area contributed by atoms with Gasteiger partial charge in [0.1, 0.15) is 11.4 Å². The van der Waals surface area contributed by atoms with E-state index in [0.717, 1.165) is 41.8 Å². The summed E-state index contributed by atoms with van der Waals surface area (Å²) in [7, 11) is 3.18. The van der Waals surface area contributed by atoms with Gasteiger partial charge in [0.2, 0.25) is 5.88 Å². The molecule has 1 atom stereocenters. The monoisotopic (exact) mass is 426 g/mol. The normalized spacial score (nSPS) is 16.8. The lowest BCUT2D eigenvalue weighted by Gasteiger charge is -2.16. The van der Waals surface area contributed by atoms with Crippen molar-refractivity contribution in [2.24, 2.45) is 0 Å². The fraction of sp³-hybridized carbons (Fsp3) is 0.409. The molecule has 3 aromatic rings. The Bertz CT molecular complexity index is 1040. The van der Waals surface area contributed by atoms with Gasteiger partial charge in [-0.25, -0.2) is 4.98 Å². The van der Waals surface area contributed by atoms with E-state index in [4.69, 9.17) is 9.47 Å². The molecule has 0 radical (unpaired) electrons. The summed E-state index contributed by atoms with van der Waals surface area (Å²) in [6, 6.07) is 10.6. The standard InChI is InChI=1S/C22H26N4O3S/c1-14-18-21(29-3)24-17(13-28-2)25-22(18)30-19(14)20(27)23-16-9-10-26(12-16)11-15-7-5-4-6-8-15/h4-8,16H,9-13H2,1-3H3,(H,23,27). The van der Waals surface area contributed by atoms with Gasteiger partial charge in [-0.1, -0.05) is 30.3 Å². The van der Waals surface area contributed by atoms with Gasteiger partial charge in [0.15, 0.2) is 5.82 Å². The second-order valence-electron chi connectivity index (χ2n) is 7.50. The number of thiophene rings is 1. The Morgan fingerprint density at radius 2 is 2.07 bits per heavy atom.